The summed E-state index contributed by atoms with van der Waals surface area (Å²) in [6, 6.07) is 5.03. The van der Waals surface area contributed by atoms with Gasteiger partial charge in [0, 0.05) is 16.8 Å². The minimum atomic E-state index is -0.193. The monoisotopic (exact) mass is 233 g/mol. The Morgan fingerprint density at radius 2 is 2.12 bits per heavy atom. The van der Waals surface area contributed by atoms with Crippen LogP contribution in [0.2, 0.25) is 0 Å². The zero-order valence-electron chi connectivity index (χ0n) is 10.0. The van der Waals surface area contributed by atoms with E-state index in [1.54, 1.807) is 13.0 Å². The number of H-pyrrole nitrogens is 1. The van der Waals surface area contributed by atoms with Gasteiger partial charge in [0.2, 0.25) is 0 Å². The van der Waals surface area contributed by atoms with E-state index in [0.717, 1.165) is 28.9 Å². The van der Waals surface area contributed by atoms with E-state index in [0.29, 0.717) is 12.1 Å². The summed E-state index contributed by atoms with van der Waals surface area (Å²) in [5.74, 6) is -0.193. The fourth-order valence-electron chi connectivity index (χ4n) is 1.93. The molecule has 17 heavy (non-hydrogen) atoms. The van der Waals surface area contributed by atoms with Crippen molar-refractivity contribution in [3.8, 4) is 11.3 Å². The van der Waals surface area contributed by atoms with Crippen LogP contribution < -0.4 is 5.73 Å². The van der Waals surface area contributed by atoms with Gasteiger partial charge in [0.15, 0.2) is 0 Å². The van der Waals surface area contributed by atoms with Gasteiger partial charge < -0.3 is 5.73 Å². The van der Waals surface area contributed by atoms with Gasteiger partial charge in [0.1, 0.15) is 5.82 Å². The number of nitrogens with zero attached hydrogens (tertiary/aromatic N) is 1. The molecule has 0 aliphatic heterocycles. The Kier molecular flexibility index (Phi) is 3.24. The fourth-order valence-corrected chi connectivity index (χ4v) is 1.93. The maximum atomic E-state index is 13.2. The SMILES string of the molecule is Cc1cc(-c2n[nH]c(C)c2CCN)ccc1F. The molecule has 0 unspecified atom stereocenters. The van der Waals surface area contributed by atoms with Crippen molar-refractivity contribution in [2.75, 3.05) is 6.54 Å². The van der Waals surface area contributed by atoms with Gasteiger partial charge in [-0.3, -0.25) is 5.10 Å². The van der Waals surface area contributed by atoms with E-state index >= 15 is 0 Å². The molecule has 4 heteroatoms. The molecule has 1 aromatic heterocycles. The molecule has 0 aliphatic carbocycles. The molecule has 2 rings (SSSR count). The van der Waals surface area contributed by atoms with Crippen molar-refractivity contribution in [1.29, 1.82) is 0 Å². The number of hydrogen-bond acceptors (Lipinski definition) is 2. The number of benzene rings is 1. The third-order valence-electron chi connectivity index (χ3n) is 2.90. The summed E-state index contributed by atoms with van der Waals surface area (Å²) < 4.78 is 13.2. The number of aromatic nitrogens is 2. The summed E-state index contributed by atoms with van der Waals surface area (Å²) in [4.78, 5) is 0. The summed E-state index contributed by atoms with van der Waals surface area (Å²) in [6.07, 6.45) is 0.772. The molecule has 2 aromatic rings. The second kappa shape index (κ2) is 4.67. The lowest BCUT2D eigenvalue weighted by Crippen LogP contribution is -2.04. The molecule has 1 aromatic carbocycles. The molecular formula is C13H16FN3. The first-order chi connectivity index (χ1) is 8.13. The van der Waals surface area contributed by atoms with Gasteiger partial charge in [-0.15, -0.1) is 0 Å². The van der Waals surface area contributed by atoms with E-state index in [9.17, 15) is 4.39 Å². The number of nitrogens with one attached hydrogen (secondary N) is 1. The van der Waals surface area contributed by atoms with E-state index in [1.165, 1.54) is 6.07 Å². The molecule has 0 aliphatic rings. The van der Waals surface area contributed by atoms with Gasteiger partial charge in [-0.1, -0.05) is 0 Å². The Morgan fingerprint density at radius 1 is 1.35 bits per heavy atom. The first-order valence-corrected chi connectivity index (χ1v) is 5.64. The Balaban J connectivity index is 2.48. The van der Waals surface area contributed by atoms with Crippen molar-refractivity contribution in [1.82, 2.24) is 10.2 Å². The van der Waals surface area contributed by atoms with Crippen molar-refractivity contribution in [3.05, 3.63) is 40.8 Å². The molecule has 0 saturated carbocycles. The lowest BCUT2D eigenvalue weighted by molar-refractivity contribution is 0.618. The van der Waals surface area contributed by atoms with Gasteiger partial charge in [-0.2, -0.15) is 5.10 Å². The van der Waals surface area contributed by atoms with Crippen LogP contribution in [0.4, 0.5) is 4.39 Å². The summed E-state index contributed by atoms with van der Waals surface area (Å²) in [7, 11) is 0. The molecule has 3 N–H and O–H groups in total. The quantitative estimate of drug-likeness (QED) is 0.854. The van der Waals surface area contributed by atoms with Gasteiger partial charge in [-0.25, -0.2) is 4.39 Å². The summed E-state index contributed by atoms with van der Waals surface area (Å²) in [5, 5.41) is 7.23. The summed E-state index contributed by atoms with van der Waals surface area (Å²) >= 11 is 0. The zero-order valence-corrected chi connectivity index (χ0v) is 10.0. The molecule has 90 valence electrons. The van der Waals surface area contributed by atoms with Crippen LogP contribution in [-0.2, 0) is 6.42 Å². The van der Waals surface area contributed by atoms with Crippen molar-refractivity contribution >= 4 is 0 Å². The van der Waals surface area contributed by atoms with E-state index in [2.05, 4.69) is 10.2 Å². The van der Waals surface area contributed by atoms with Gasteiger partial charge in [-0.05, 0) is 50.6 Å². The molecule has 0 saturated heterocycles. The topological polar surface area (TPSA) is 54.7 Å². The average Bonchev–Trinajstić information content (AvgIpc) is 2.66. The number of aryl methyl sites for hydroxylation is 2. The third kappa shape index (κ3) is 2.22. The van der Waals surface area contributed by atoms with E-state index in [4.69, 9.17) is 5.73 Å². The molecule has 1 heterocycles. The normalized spacial score (nSPS) is 10.8. The van der Waals surface area contributed by atoms with Crippen LogP contribution in [0.1, 0.15) is 16.8 Å². The van der Waals surface area contributed by atoms with Crippen molar-refractivity contribution in [2.24, 2.45) is 5.73 Å². The third-order valence-corrected chi connectivity index (χ3v) is 2.90. The standard InChI is InChI=1S/C13H16FN3/c1-8-7-10(3-4-12(8)14)13-11(5-6-15)9(2)16-17-13/h3-4,7H,5-6,15H2,1-2H3,(H,16,17). The first-order valence-electron chi connectivity index (χ1n) is 5.64. The smallest absolute Gasteiger partial charge is 0.126 e. The number of nitrogens with two attached hydrogens (primary N) is 1. The minimum Gasteiger partial charge on any atom is -0.330 e. The molecule has 0 radical (unpaired) electrons. The summed E-state index contributed by atoms with van der Waals surface area (Å²) in [6.45, 7) is 4.30. The van der Waals surface area contributed by atoms with Crippen LogP contribution in [0.3, 0.4) is 0 Å². The highest BCUT2D eigenvalue weighted by Crippen LogP contribution is 2.25. The van der Waals surface area contributed by atoms with Crippen molar-refractivity contribution < 1.29 is 4.39 Å². The van der Waals surface area contributed by atoms with Crippen molar-refractivity contribution in [3.63, 3.8) is 0 Å². The zero-order chi connectivity index (χ0) is 12.4. The highest BCUT2D eigenvalue weighted by molar-refractivity contribution is 5.64. The molecular weight excluding hydrogens is 217 g/mol. The Bertz CT molecular complexity index is 531. The Labute approximate surface area is 99.9 Å². The molecule has 3 nitrogen and oxygen atoms in total. The lowest BCUT2D eigenvalue weighted by Gasteiger charge is -2.04. The van der Waals surface area contributed by atoms with E-state index in [-0.39, 0.29) is 5.82 Å². The van der Waals surface area contributed by atoms with Crippen LogP contribution >= 0.6 is 0 Å². The van der Waals surface area contributed by atoms with Gasteiger partial charge >= 0.3 is 0 Å². The molecule has 0 bridgehead atoms. The molecule has 0 amide bonds. The van der Waals surface area contributed by atoms with Crippen LogP contribution in [0.25, 0.3) is 11.3 Å². The first kappa shape index (κ1) is 11.8. The molecule has 0 atom stereocenters. The number of halogens is 1. The predicted octanol–water partition coefficient (Wildman–Crippen LogP) is 2.33. The van der Waals surface area contributed by atoms with Crippen molar-refractivity contribution in [2.45, 2.75) is 20.3 Å². The fraction of sp³-hybridized carbons (Fsp3) is 0.308. The summed E-state index contributed by atoms with van der Waals surface area (Å²) in [5.41, 5.74) is 10.1. The second-order valence-corrected chi connectivity index (χ2v) is 4.18. The maximum absolute atomic E-state index is 13.2. The van der Waals surface area contributed by atoms with Crippen LogP contribution in [0.15, 0.2) is 18.2 Å². The predicted molar refractivity (Wildman–Crippen MR) is 66.2 cm³/mol. The molecule has 0 fully saturated rings. The van der Waals surface area contributed by atoms with Gasteiger partial charge in [0.05, 0.1) is 5.69 Å². The van der Waals surface area contributed by atoms with Crippen LogP contribution in [0.5, 0.6) is 0 Å². The van der Waals surface area contributed by atoms with Gasteiger partial charge in [0.25, 0.3) is 0 Å². The minimum absolute atomic E-state index is 0.193. The highest BCUT2D eigenvalue weighted by atomic mass is 19.1. The number of rotatable bonds is 3. The lowest BCUT2D eigenvalue weighted by atomic mass is 10.0. The number of aromatic amines is 1. The highest BCUT2D eigenvalue weighted by Gasteiger charge is 2.12. The Hall–Kier alpha value is -1.68. The Morgan fingerprint density at radius 3 is 2.76 bits per heavy atom. The van der Waals surface area contributed by atoms with E-state index in [1.807, 2.05) is 13.0 Å². The number of hydrogen-bond donors (Lipinski definition) is 2. The largest absolute Gasteiger partial charge is 0.330 e. The maximum Gasteiger partial charge on any atom is 0.126 e. The average molecular weight is 233 g/mol. The second-order valence-electron chi connectivity index (χ2n) is 4.18. The van der Waals surface area contributed by atoms with Crippen LogP contribution in [0, 0.1) is 19.7 Å². The van der Waals surface area contributed by atoms with E-state index < -0.39 is 0 Å². The molecule has 0 spiro atoms. The van der Waals surface area contributed by atoms with Crippen LogP contribution in [-0.4, -0.2) is 16.7 Å².